The predicted octanol–water partition coefficient (Wildman–Crippen LogP) is 1.70. The Balaban J connectivity index is 1.67. The number of phenolic OH excluding ortho intramolecular Hbond substituents is 1. The summed E-state index contributed by atoms with van der Waals surface area (Å²) >= 11 is 0. The van der Waals surface area contributed by atoms with E-state index in [4.69, 9.17) is 0 Å². The summed E-state index contributed by atoms with van der Waals surface area (Å²) in [5.74, 6) is 0.0388. The standard InChI is InChI=1S/C15H20N2O2/c18-14-6-2-1-5-13(14)15(19)17-10-7-12(11-17)16-8-3-4-9-16/h1-2,5-6,12,18H,3-4,7-11H2. The number of hydrogen-bond donors (Lipinski definition) is 1. The first kappa shape index (κ1) is 12.5. The van der Waals surface area contributed by atoms with Crippen molar-refractivity contribution < 1.29 is 9.90 Å². The lowest BCUT2D eigenvalue weighted by Crippen LogP contribution is -2.37. The Morgan fingerprint density at radius 2 is 1.89 bits per heavy atom. The van der Waals surface area contributed by atoms with Crippen molar-refractivity contribution in [1.82, 2.24) is 9.80 Å². The Labute approximate surface area is 113 Å². The lowest BCUT2D eigenvalue weighted by atomic mass is 10.2. The summed E-state index contributed by atoms with van der Waals surface area (Å²) in [6.07, 6.45) is 3.62. The van der Waals surface area contributed by atoms with Crippen molar-refractivity contribution in [3.8, 4) is 5.75 Å². The van der Waals surface area contributed by atoms with Gasteiger partial charge in [-0.15, -0.1) is 0 Å². The van der Waals surface area contributed by atoms with Crippen LogP contribution in [0.2, 0.25) is 0 Å². The van der Waals surface area contributed by atoms with E-state index in [-0.39, 0.29) is 11.7 Å². The maximum absolute atomic E-state index is 12.4. The molecule has 4 heteroatoms. The van der Waals surface area contributed by atoms with Crippen LogP contribution in [0.3, 0.4) is 0 Å². The highest BCUT2D eigenvalue weighted by Gasteiger charge is 2.32. The van der Waals surface area contributed by atoms with Crippen molar-refractivity contribution in [2.45, 2.75) is 25.3 Å². The van der Waals surface area contributed by atoms with Gasteiger partial charge >= 0.3 is 0 Å². The Bertz CT molecular complexity index is 469. The number of benzene rings is 1. The average Bonchev–Trinajstić information content (AvgIpc) is 3.09. The molecule has 2 saturated heterocycles. The second kappa shape index (κ2) is 5.21. The van der Waals surface area contributed by atoms with Crippen LogP contribution in [-0.4, -0.2) is 53.0 Å². The van der Waals surface area contributed by atoms with Crippen molar-refractivity contribution in [1.29, 1.82) is 0 Å². The van der Waals surface area contributed by atoms with Gasteiger partial charge in [-0.3, -0.25) is 9.69 Å². The van der Waals surface area contributed by atoms with Crippen LogP contribution < -0.4 is 0 Å². The maximum Gasteiger partial charge on any atom is 0.257 e. The Kier molecular flexibility index (Phi) is 3.42. The van der Waals surface area contributed by atoms with Crippen molar-refractivity contribution in [3.63, 3.8) is 0 Å². The third-order valence-corrected chi connectivity index (χ3v) is 4.24. The molecular formula is C15H20N2O2. The molecule has 2 heterocycles. The summed E-state index contributed by atoms with van der Waals surface area (Å²) in [4.78, 5) is 16.7. The van der Waals surface area contributed by atoms with Gasteiger partial charge in [0.05, 0.1) is 5.56 Å². The quantitative estimate of drug-likeness (QED) is 0.880. The van der Waals surface area contributed by atoms with Crippen molar-refractivity contribution >= 4 is 5.91 Å². The van der Waals surface area contributed by atoms with Gasteiger partial charge in [-0.25, -0.2) is 0 Å². The molecule has 0 spiro atoms. The Morgan fingerprint density at radius 3 is 2.63 bits per heavy atom. The fourth-order valence-electron chi connectivity index (χ4n) is 3.16. The van der Waals surface area contributed by atoms with Gasteiger partial charge in [0.25, 0.3) is 5.91 Å². The first-order valence-corrected chi connectivity index (χ1v) is 7.07. The summed E-state index contributed by atoms with van der Waals surface area (Å²) in [5.41, 5.74) is 0.421. The number of phenols is 1. The number of para-hydroxylation sites is 1. The molecule has 2 aliphatic rings. The number of amides is 1. The van der Waals surface area contributed by atoms with Gasteiger partial charge in [-0.05, 0) is 44.5 Å². The summed E-state index contributed by atoms with van der Waals surface area (Å²) in [6.45, 7) is 3.94. The first-order valence-electron chi connectivity index (χ1n) is 7.07. The summed E-state index contributed by atoms with van der Waals surface area (Å²) in [6, 6.07) is 7.31. The Hall–Kier alpha value is -1.55. The molecule has 3 rings (SSSR count). The second-order valence-electron chi connectivity index (χ2n) is 5.45. The highest BCUT2D eigenvalue weighted by molar-refractivity contribution is 5.97. The van der Waals surface area contributed by atoms with E-state index in [2.05, 4.69) is 4.90 Å². The summed E-state index contributed by atoms with van der Waals surface area (Å²) in [5, 5.41) is 9.76. The minimum Gasteiger partial charge on any atom is -0.507 e. The smallest absolute Gasteiger partial charge is 0.257 e. The first-order chi connectivity index (χ1) is 9.25. The molecule has 0 saturated carbocycles. The lowest BCUT2D eigenvalue weighted by Gasteiger charge is -2.23. The van der Waals surface area contributed by atoms with Gasteiger partial charge in [0.1, 0.15) is 5.75 Å². The van der Waals surface area contributed by atoms with E-state index in [1.807, 2.05) is 4.90 Å². The van der Waals surface area contributed by atoms with Crippen LogP contribution in [-0.2, 0) is 0 Å². The van der Waals surface area contributed by atoms with Gasteiger partial charge < -0.3 is 10.0 Å². The monoisotopic (exact) mass is 260 g/mol. The third kappa shape index (κ3) is 2.45. The molecule has 1 amide bonds. The zero-order chi connectivity index (χ0) is 13.2. The van der Waals surface area contributed by atoms with Crippen LogP contribution >= 0.6 is 0 Å². The highest BCUT2D eigenvalue weighted by atomic mass is 16.3. The van der Waals surface area contributed by atoms with Crippen LogP contribution in [0.15, 0.2) is 24.3 Å². The third-order valence-electron chi connectivity index (χ3n) is 4.24. The van der Waals surface area contributed by atoms with Crippen LogP contribution in [0.4, 0.5) is 0 Å². The van der Waals surface area contributed by atoms with Gasteiger partial charge in [0, 0.05) is 19.1 Å². The van der Waals surface area contributed by atoms with E-state index in [0.29, 0.717) is 11.6 Å². The van der Waals surface area contributed by atoms with E-state index in [1.165, 1.54) is 25.9 Å². The van der Waals surface area contributed by atoms with Crippen molar-refractivity contribution in [2.24, 2.45) is 0 Å². The molecule has 1 atom stereocenters. The molecule has 102 valence electrons. The van der Waals surface area contributed by atoms with E-state index < -0.39 is 0 Å². The van der Waals surface area contributed by atoms with E-state index in [1.54, 1.807) is 24.3 Å². The molecule has 4 nitrogen and oxygen atoms in total. The second-order valence-corrected chi connectivity index (χ2v) is 5.45. The van der Waals surface area contributed by atoms with Gasteiger partial charge in [0.15, 0.2) is 0 Å². The van der Waals surface area contributed by atoms with Crippen molar-refractivity contribution in [3.05, 3.63) is 29.8 Å². The number of hydrogen-bond acceptors (Lipinski definition) is 3. The number of nitrogens with zero attached hydrogens (tertiary/aromatic N) is 2. The van der Waals surface area contributed by atoms with Crippen molar-refractivity contribution in [2.75, 3.05) is 26.2 Å². The van der Waals surface area contributed by atoms with Crippen LogP contribution in [0, 0.1) is 0 Å². The molecule has 0 bridgehead atoms. The number of aromatic hydroxyl groups is 1. The van der Waals surface area contributed by atoms with Crippen LogP contribution in [0.1, 0.15) is 29.6 Å². The average molecular weight is 260 g/mol. The maximum atomic E-state index is 12.4. The fourth-order valence-corrected chi connectivity index (χ4v) is 3.16. The van der Waals surface area contributed by atoms with E-state index in [9.17, 15) is 9.90 Å². The van der Waals surface area contributed by atoms with Crippen LogP contribution in [0.25, 0.3) is 0 Å². The molecular weight excluding hydrogens is 240 g/mol. The zero-order valence-electron chi connectivity index (χ0n) is 11.1. The lowest BCUT2D eigenvalue weighted by molar-refractivity contribution is 0.0777. The molecule has 1 aromatic rings. The van der Waals surface area contributed by atoms with E-state index >= 15 is 0 Å². The molecule has 0 aliphatic carbocycles. The predicted molar refractivity (Wildman–Crippen MR) is 73.2 cm³/mol. The topological polar surface area (TPSA) is 43.8 Å². The number of rotatable bonds is 2. The molecule has 2 fully saturated rings. The van der Waals surface area contributed by atoms with E-state index in [0.717, 1.165) is 19.5 Å². The molecule has 1 aromatic carbocycles. The highest BCUT2D eigenvalue weighted by Crippen LogP contribution is 2.24. The number of carbonyl (C=O) groups is 1. The number of carbonyl (C=O) groups excluding carboxylic acids is 1. The molecule has 19 heavy (non-hydrogen) atoms. The minimum atomic E-state index is -0.0419. The summed E-state index contributed by atoms with van der Waals surface area (Å²) in [7, 11) is 0. The zero-order valence-corrected chi connectivity index (χ0v) is 11.1. The van der Waals surface area contributed by atoms with Gasteiger partial charge in [-0.2, -0.15) is 0 Å². The summed E-state index contributed by atoms with van der Waals surface area (Å²) < 4.78 is 0. The minimum absolute atomic E-state index is 0.0419. The van der Waals surface area contributed by atoms with Gasteiger partial charge in [-0.1, -0.05) is 12.1 Å². The molecule has 0 radical (unpaired) electrons. The fraction of sp³-hybridized carbons (Fsp3) is 0.533. The Morgan fingerprint density at radius 1 is 1.16 bits per heavy atom. The molecule has 2 aliphatic heterocycles. The molecule has 1 N–H and O–H groups in total. The number of likely N-dealkylation sites (tertiary alicyclic amines) is 2. The molecule has 0 aromatic heterocycles. The largest absolute Gasteiger partial charge is 0.507 e. The van der Waals surface area contributed by atoms with Crippen LogP contribution in [0.5, 0.6) is 5.75 Å². The SMILES string of the molecule is O=C(c1ccccc1O)N1CCC(N2CCCC2)C1. The molecule has 1 unspecified atom stereocenters. The normalized spacial score (nSPS) is 24.0. The van der Waals surface area contributed by atoms with Gasteiger partial charge in [0.2, 0.25) is 0 Å².